The predicted octanol–water partition coefficient (Wildman–Crippen LogP) is 2.71. The summed E-state index contributed by atoms with van der Waals surface area (Å²) in [6.45, 7) is 2.24. The highest BCUT2D eigenvalue weighted by atomic mass is 32.2. The van der Waals surface area contributed by atoms with E-state index in [2.05, 4.69) is 17.2 Å². The molecule has 21 heavy (non-hydrogen) atoms. The van der Waals surface area contributed by atoms with Gasteiger partial charge in [0.25, 0.3) is 0 Å². The summed E-state index contributed by atoms with van der Waals surface area (Å²) in [6.07, 6.45) is 1.20. The molecule has 4 N–H and O–H groups in total. The maximum atomic E-state index is 11.9. The summed E-state index contributed by atoms with van der Waals surface area (Å²) in [7, 11) is 0. The quantitative estimate of drug-likeness (QED) is 0.681. The Morgan fingerprint density at radius 3 is 3.14 bits per heavy atom. The summed E-state index contributed by atoms with van der Waals surface area (Å²) >= 11 is 3.12. The standard InChI is InChI=1S/C14H19N3O2S2/c1-9(4-6-18)20-7-5-13(19)17-14-16-11-3-2-10(15)8-12(11)21-14/h2-3,8-9,18H,4-7,15H2,1H3,(H,16,17,19). The fourth-order valence-electron chi connectivity index (χ4n) is 1.79. The van der Waals surface area contributed by atoms with Gasteiger partial charge in [0.15, 0.2) is 5.13 Å². The van der Waals surface area contributed by atoms with Gasteiger partial charge in [0, 0.05) is 29.7 Å². The average Bonchev–Trinajstić information content (AvgIpc) is 2.80. The average molecular weight is 325 g/mol. The van der Waals surface area contributed by atoms with Gasteiger partial charge in [-0.25, -0.2) is 4.98 Å². The Kier molecular flexibility index (Phi) is 5.84. The Morgan fingerprint density at radius 1 is 1.57 bits per heavy atom. The number of hydrogen-bond acceptors (Lipinski definition) is 6. The molecule has 2 rings (SSSR count). The number of thioether (sulfide) groups is 1. The molecule has 0 saturated heterocycles. The van der Waals surface area contributed by atoms with E-state index < -0.39 is 0 Å². The van der Waals surface area contributed by atoms with Crippen molar-refractivity contribution < 1.29 is 9.90 Å². The predicted molar refractivity (Wildman–Crippen MR) is 90.9 cm³/mol. The van der Waals surface area contributed by atoms with Crippen LogP contribution in [0.4, 0.5) is 10.8 Å². The molecule has 1 aromatic heterocycles. The monoisotopic (exact) mass is 325 g/mol. The molecule has 5 nitrogen and oxygen atoms in total. The molecular formula is C14H19N3O2S2. The Labute approximate surface area is 131 Å². The second-order valence-electron chi connectivity index (χ2n) is 4.74. The van der Waals surface area contributed by atoms with Crippen molar-refractivity contribution in [1.82, 2.24) is 4.98 Å². The number of anilines is 2. The zero-order chi connectivity index (χ0) is 15.2. The highest BCUT2D eigenvalue weighted by Gasteiger charge is 2.09. The van der Waals surface area contributed by atoms with Gasteiger partial charge in [-0.15, -0.1) is 0 Å². The van der Waals surface area contributed by atoms with Crippen LogP contribution >= 0.6 is 23.1 Å². The largest absolute Gasteiger partial charge is 0.399 e. The summed E-state index contributed by atoms with van der Waals surface area (Å²) < 4.78 is 0.969. The van der Waals surface area contributed by atoms with Crippen LogP contribution < -0.4 is 11.1 Å². The maximum absolute atomic E-state index is 11.9. The number of nitrogens with two attached hydrogens (primary N) is 1. The maximum Gasteiger partial charge on any atom is 0.226 e. The molecule has 7 heteroatoms. The SMILES string of the molecule is CC(CCO)SCCC(=O)Nc1nc2ccc(N)cc2s1. The zero-order valence-electron chi connectivity index (χ0n) is 11.8. The lowest BCUT2D eigenvalue weighted by Gasteiger charge is -2.08. The first kappa shape index (κ1) is 16.1. The zero-order valence-corrected chi connectivity index (χ0v) is 13.5. The molecule has 0 aliphatic rings. The smallest absolute Gasteiger partial charge is 0.226 e. The number of nitrogens with zero attached hydrogens (tertiary/aromatic N) is 1. The lowest BCUT2D eigenvalue weighted by Crippen LogP contribution is -2.13. The van der Waals surface area contributed by atoms with Crippen LogP contribution in [-0.2, 0) is 4.79 Å². The van der Waals surface area contributed by atoms with Crippen molar-refractivity contribution in [2.24, 2.45) is 0 Å². The molecular weight excluding hydrogens is 306 g/mol. The van der Waals surface area contributed by atoms with Gasteiger partial charge < -0.3 is 16.2 Å². The fraction of sp³-hybridized carbons (Fsp3) is 0.429. The van der Waals surface area contributed by atoms with Crippen LogP contribution in [0.25, 0.3) is 10.2 Å². The van der Waals surface area contributed by atoms with Gasteiger partial charge in [0.05, 0.1) is 10.2 Å². The summed E-state index contributed by atoms with van der Waals surface area (Å²) in [6, 6.07) is 5.51. The van der Waals surface area contributed by atoms with Crippen molar-refractivity contribution in [2.75, 3.05) is 23.4 Å². The van der Waals surface area contributed by atoms with Crippen molar-refractivity contribution in [2.45, 2.75) is 25.0 Å². The van der Waals surface area contributed by atoms with Crippen molar-refractivity contribution in [1.29, 1.82) is 0 Å². The molecule has 114 valence electrons. The van der Waals surface area contributed by atoms with Crippen molar-refractivity contribution in [3.63, 3.8) is 0 Å². The first-order chi connectivity index (χ1) is 10.1. The Morgan fingerprint density at radius 2 is 2.38 bits per heavy atom. The number of rotatable bonds is 7. The summed E-state index contributed by atoms with van der Waals surface area (Å²) in [4.78, 5) is 16.2. The first-order valence-corrected chi connectivity index (χ1v) is 8.63. The number of thiazole rings is 1. The fourth-order valence-corrected chi connectivity index (χ4v) is 3.70. The van der Waals surface area contributed by atoms with Gasteiger partial charge in [-0.1, -0.05) is 18.3 Å². The van der Waals surface area contributed by atoms with Crippen LogP contribution in [0.5, 0.6) is 0 Å². The third-order valence-electron chi connectivity index (χ3n) is 2.93. The highest BCUT2D eigenvalue weighted by Crippen LogP contribution is 2.27. The molecule has 0 aliphatic heterocycles. The summed E-state index contributed by atoms with van der Waals surface area (Å²) in [5.41, 5.74) is 7.26. The topological polar surface area (TPSA) is 88.2 Å². The van der Waals surface area contributed by atoms with Crippen LogP contribution in [0.2, 0.25) is 0 Å². The molecule has 1 aromatic carbocycles. The molecule has 0 fully saturated rings. The normalized spacial score (nSPS) is 12.5. The van der Waals surface area contributed by atoms with Gasteiger partial charge in [0.2, 0.25) is 5.91 Å². The van der Waals surface area contributed by atoms with E-state index in [1.54, 1.807) is 17.8 Å². The molecule has 2 aromatic rings. The lowest BCUT2D eigenvalue weighted by atomic mass is 10.3. The van der Waals surface area contributed by atoms with Gasteiger partial charge in [-0.05, 0) is 24.6 Å². The van der Waals surface area contributed by atoms with Crippen LogP contribution in [-0.4, -0.2) is 33.6 Å². The lowest BCUT2D eigenvalue weighted by molar-refractivity contribution is -0.115. The number of carbonyl (C=O) groups is 1. The van der Waals surface area contributed by atoms with Crippen LogP contribution in [0.1, 0.15) is 19.8 Å². The minimum Gasteiger partial charge on any atom is -0.399 e. The number of aromatic nitrogens is 1. The molecule has 1 amide bonds. The third kappa shape index (κ3) is 4.87. The number of fused-ring (bicyclic) bond motifs is 1. The van der Waals surface area contributed by atoms with Crippen molar-refractivity contribution in [3.8, 4) is 0 Å². The first-order valence-electron chi connectivity index (χ1n) is 6.77. The minimum atomic E-state index is -0.0364. The van der Waals surface area contributed by atoms with E-state index >= 15 is 0 Å². The molecule has 1 unspecified atom stereocenters. The number of nitrogens with one attached hydrogen (secondary N) is 1. The molecule has 0 spiro atoms. The second kappa shape index (κ2) is 7.63. The minimum absolute atomic E-state index is 0.0364. The molecule has 1 atom stereocenters. The van der Waals surface area contributed by atoms with E-state index in [9.17, 15) is 4.79 Å². The van der Waals surface area contributed by atoms with Gasteiger partial charge in [0.1, 0.15) is 0 Å². The number of amides is 1. The van der Waals surface area contributed by atoms with E-state index in [4.69, 9.17) is 10.8 Å². The Hall–Kier alpha value is -1.31. The molecule has 0 saturated carbocycles. The Bertz CT molecular complexity index is 615. The summed E-state index contributed by atoms with van der Waals surface area (Å²) in [5.74, 6) is 0.705. The van der Waals surface area contributed by atoms with Crippen LogP contribution in [0, 0.1) is 0 Å². The van der Waals surface area contributed by atoms with Crippen molar-refractivity contribution in [3.05, 3.63) is 18.2 Å². The van der Waals surface area contributed by atoms with E-state index in [1.807, 2.05) is 12.1 Å². The van der Waals surface area contributed by atoms with E-state index in [0.717, 1.165) is 22.4 Å². The summed E-state index contributed by atoms with van der Waals surface area (Å²) in [5, 5.41) is 12.6. The Balaban J connectivity index is 1.84. The number of benzene rings is 1. The van der Waals surface area contributed by atoms with E-state index in [0.29, 0.717) is 22.5 Å². The number of aliphatic hydroxyl groups excluding tert-OH is 1. The molecule has 0 radical (unpaired) electrons. The molecule has 0 aliphatic carbocycles. The van der Waals surface area contributed by atoms with Crippen LogP contribution in [0.15, 0.2) is 18.2 Å². The third-order valence-corrected chi connectivity index (χ3v) is 5.10. The van der Waals surface area contributed by atoms with Gasteiger partial charge in [-0.2, -0.15) is 11.8 Å². The van der Waals surface area contributed by atoms with Gasteiger partial charge >= 0.3 is 0 Å². The van der Waals surface area contributed by atoms with Crippen molar-refractivity contribution >= 4 is 50.0 Å². The van der Waals surface area contributed by atoms with E-state index in [1.165, 1.54) is 11.3 Å². The van der Waals surface area contributed by atoms with Crippen LogP contribution in [0.3, 0.4) is 0 Å². The van der Waals surface area contributed by atoms with Gasteiger partial charge in [-0.3, -0.25) is 4.79 Å². The second-order valence-corrected chi connectivity index (χ2v) is 7.32. The number of aliphatic hydroxyl groups is 1. The van der Waals surface area contributed by atoms with E-state index in [-0.39, 0.29) is 12.5 Å². The highest BCUT2D eigenvalue weighted by molar-refractivity contribution is 7.99. The molecule has 0 bridgehead atoms. The number of carbonyl (C=O) groups excluding carboxylic acids is 1. The number of hydrogen-bond donors (Lipinski definition) is 3. The number of nitrogen functional groups attached to an aromatic ring is 1. The molecule has 1 heterocycles.